The van der Waals surface area contributed by atoms with Crippen molar-refractivity contribution in [1.82, 2.24) is 9.80 Å². The lowest BCUT2D eigenvalue weighted by Crippen LogP contribution is -2.54. The summed E-state index contributed by atoms with van der Waals surface area (Å²) in [5.41, 5.74) is -0.130. The van der Waals surface area contributed by atoms with Crippen molar-refractivity contribution in [2.75, 3.05) is 27.2 Å². The van der Waals surface area contributed by atoms with Crippen molar-refractivity contribution in [1.29, 1.82) is 0 Å². The largest absolute Gasteiger partial charge is 0.306 e. The molecule has 0 radical (unpaired) electrons. The molecule has 0 N–H and O–H groups in total. The van der Waals surface area contributed by atoms with Crippen molar-refractivity contribution in [2.45, 2.75) is 38.8 Å². The van der Waals surface area contributed by atoms with Crippen LogP contribution in [0.4, 0.5) is 0 Å². The lowest BCUT2D eigenvalue weighted by molar-refractivity contribution is 0.0518. The van der Waals surface area contributed by atoms with Crippen molar-refractivity contribution < 1.29 is 0 Å². The first kappa shape index (κ1) is 12.5. The number of hydrogen-bond donors (Lipinski definition) is 0. The number of piperidine rings is 1. The molecule has 0 amide bonds. The molecule has 0 aliphatic carbocycles. The van der Waals surface area contributed by atoms with E-state index >= 15 is 0 Å². The predicted molar refractivity (Wildman–Crippen MR) is 65.7 cm³/mol. The van der Waals surface area contributed by atoms with E-state index in [1.807, 2.05) is 0 Å². The maximum absolute atomic E-state index is 5.58. The van der Waals surface area contributed by atoms with Gasteiger partial charge in [0.05, 0.1) is 5.54 Å². The van der Waals surface area contributed by atoms with E-state index in [0.717, 1.165) is 0 Å². The van der Waals surface area contributed by atoms with Crippen LogP contribution in [0, 0.1) is 18.3 Å². The Morgan fingerprint density at radius 3 is 2.53 bits per heavy atom. The molecule has 0 aromatic carbocycles. The van der Waals surface area contributed by atoms with Crippen molar-refractivity contribution in [2.24, 2.45) is 5.92 Å². The Hall–Kier alpha value is -0.520. The minimum absolute atomic E-state index is 0.130. The molecule has 0 spiro atoms. The third-order valence-corrected chi connectivity index (χ3v) is 3.80. The summed E-state index contributed by atoms with van der Waals surface area (Å²) in [5, 5.41) is 0. The van der Waals surface area contributed by atoms with Gasteiger partial charge in [-0.2, -0.15) is 0 Å². The molecule has 1 rings (SSSR count). The molecule has 0 bridgehead atoms. The molecular weight excluding hydrogens is 184 g/mol. The smallest absolute Gasteiger partial charge is 0.0766 e. The first-order valence-electron chi connectivity index (χ1n) is 5.77. The average Bonchev–Trinajstić information content (AvgIpc) is 2.17. The zero-order valence-corrected chi connectivity index (χ0v) is 10.7. The Bertz CT molecular complexity index is 252. The topological polar surface area (TPSA) is 6.48 Å². The molecule has 0 saturated carbocycles. The summed E-state index contributed by atoms with van der Waals surface area (Å²) >= 11 is 0. The van der Waals surface area contributed by atoms with Crippen molar-refractivity contribution in [3.8, 4) is 12.3 Å². The van der Waals surface area contributed by atoms with Gasteiger partial charge in [0.2, 0.25) is 0 Å². The van der Waals surface area contributed by atoms with Gasteiger partial charge < -0.3 is 4.90 Å². The second-order valence-electron chi connectivity index (χ2n) is 5.41. The maximum Gasteiger partial charge on any atom is 0.0766 e. The highest BCUT2D eigenvalue weighted by atomic mass is 15.2. The third-order valence-electron chi connectivity index (χ3n) is 3.80. The van der Waals surface area contributed by atoms with E-state index in [9.17, 15) is 0 Å². The molecule has 2 heteroatoms. The number of nitrogens with zero attached hydrogens (tertiary/aromatic N) is 2. The van der Waals surface area contributed by atoms with E-state index in [0.29, 0.717) is 12.0 Å². The number of hydrogen-bond acceptors (Lipinski definition) is 2. The highest BCUT2D eigenvalue weighted by Gasteiger charge is 2.33. The van der Waals surface area contributed by atoms with Crippen LogP contribution in [0.2, 0.25) is 0 Å². The van der Waals surface area contributed by atoms with Gasteiger partial charge in [0.1, 0.15) is 0 Å². The zero-order valence-electron chi connectivity index (χ0n) is 10.7. The monoisotopic (exact) mass is 208 g/mol. The summed E-state index contributed by atoms with van der Waals surface area (Å²) in [7, 11) is 4.35. The molecule has 86 valence electrons. The standard InChI is InChI=1S/C13H24N2/c1-7-13(3,4)15(6)12-8-9-14(5)10-11(12)2/h1,11-12H,8-10H2,2-6H3. The van der Waals surface area contributed by atoms with E-state index in [4.69, 9.17) is 6.42 Å². The molecule has 2 atom stereocenters. The van der Waals surface area contributed by atoms with Crippen molar-refractivity contribution >= 4 is 0 Å². The SMILES string of the molecule is C#CC(C)(C)N(C)C1CCN(C)CC1C. The van der Waals surface area contributed by atoms with E-state index in [-0.39, 0.29) is 5.54 Å². The molecule has 1 aliphatic rings. The van der Waals surface area contributed by atoms with Crippen LogP contribution >= 0.6 is 0 Å². The summed E-state index contributed by atoms with van der Waals surface area (Å²) in [6.45, 7) is 8.93. The van der Waals surface area contributed by atoms with E-state index in [1.54, 1.807) is 0 Å². The van der Waals surface area contributed by atoms with Crippen LogP contribution in [0.15, 0.2) is 0 Å². The van der Waals surface area contributed by atoms with Crippen LogP contribution in [0.1, 0.15) is 27.2 Å². The van der Waals surface area contributed by atoms with E-state index < -0.39 is 0 Å². The molecular formula is C13H24N2. The Balaban J connectivity index is 2.69. The Labute approximate surface area is 94.6 Å². The molecule has 1 heterocycles. The van der Waals surface area contributed by atoms with Gasteiger partial charge in [-0.1, -0.05) is 12.8 Å². The summed E-state index contributed by atoms with van der Waals surface area (Å²) in [5.74, 6) is 3.58. The number of likely N-dealkylation sites (tertiary alicyclic amines) is 1. The van der Waals surface area contributed by atoms with E-state index in [1.165, 1.54) is 19.5 Å². The van der Waals surface area contributed by atoms with Gasteiger partial charge in [0.15, 0.2) is 0 Å². The van der Waals surface area contributed by atoms with Gasteiger partial charge in [-0.05, 0) is 46.8 Å². The van der Waals surface area contributed by atoms with Gasteiger partial charge in [-0.3, -0.25) is 4.90 Å². The van der Waals surface area contributed by atoms with Crippen LogP contribution in [0.5, 0.6) is 0 Å². The minimum atomic E-state index is -0.130. The molecule has 1 aliphatic heterocycles. The number of terminal acetylenes is 1. The van der Waals surface area contributed by atoms with Gasteiger partial charge in [-0.25, -0.2) is 0 Å². The summed E-state index contributed by atoms with van der Waals surface area (Å²) in [6, 6.07) is 0.618. The number of rotatable bonds is 2. The molecule has 0 aromatic rings. The lowest BCUT2D eigenvalue weighted by atomic mass is 9.89. The lowest BCUT2D eigenvalue weighted by Gasteiger charge is -2.45. The molecule has 0 aromatic heterocycles. The second kappa shape index (κ2) is 4.55. The highest BCUT2D eigenvalue weighted by molar-refractivity contribution is 5.09. The van der Waals surface area contributed by atoms with Crippen LogP contribution in [-0.2, 0) is 0 Å². The summed E-state index contributed by atoms with van der Waals surface area (Å²) in [4.78, 5) is 4.77. The molecule has 2 unspecified atom stereocenters. The van der Waals surface area contributed by atoms with Gasteiger partial charge in [0, 0.05) is 12.6 Å². The fourth-order valence-corrected chi connectivity index (χ4v) is 2.43. The van der Waals surface area contributed by atoms with Gasteiger partial charge in [-0.15, -0.1) is 6.42 Å². The maximum atomic E-state index is 5.58. The van der Waals surface area contributed by atoms with E-state index in [2.05, 4.69) is 50.6 Å². The normalized spacial score (nSPS) is 29.1. The van der Waals surface area contributed by atoms with Crippen LogP contribution in [-0.4, -0.2) is 48.6 Å². The molecule has 15 heavy (non-hydrogen) atoms. The molecule has 1 saturated heterocycles. The fourth-order valence-electron chi connectivity index (χ4n) is 2.43. The third kappa shape index (κ3) is 2.74. The zero-order chi connectivity index (χ0) is 11.6. The van der Waals surface area contributed by atoms with Crippen LogP contribution < -0.4 is 0 Å². The van der Waals surface area contributed by atoms with Crippen LogP contribution in [0.3, 0.4) is 0 Å². The summed E-state index contributed by atoms with van der Waals surface area (Å²) < 4.78 is 0. The second-order valence-corrected chi connectivity index (χ2v) is 5.41. The Morgan fingerprint density at radius 1 is 1.47 bits per heavy atom. The Kier molecular flexibility index (Phi) is 3.81. The first-order valence-corrected chi connectivity index (χ1v) is 5.77. The quantitative estimate of drug-likeness (QED) is 0.637. The highest BCUT2D eigenvalue weighted by Crippen LogP contribution is 2.25. The van der Waals surface area contributed by atoms with Crippen LogP contribution in [0.25, 0.3) is 0 Å². The fraction of sp³-hybridized carbons (Fsp3) is 0.846. The molecule has 1 fully saturated rings. The first-order chi connectivity index (χ1) is 6.88. The van der Waals surface area contributed by atoms with Gasteiger partial charge >= 0.3 is 0 Å². The van der Waals surface area contributed by atoms with Gasteiger partial charge in [0.25, 0.3) is 0 Å². The Morgan fingerprint density at radius 2 is 2.07 bits per heavy atom. The average molecular weight is 208 g/mol. The summed E-state index contributed by atoms with van der Waals surface area (Å²) in [6.07, 6.45) is 6.81. The van der Waals surface area contributed by atoms with Crippen molar-refractivity contribution in [3.63, 3.8) is 0 Å². The minimum Gasteiger partial charge on any atom is -0.306 e. The predicted octanol–water partition coefficient (Wildman–Crippen LogP) is 1.67. The molecule has 2 nitrogen and oxygen atoms in total. The van der Waals surface area contributed by atoms with Crippen molar-refractivity contribution in [3.05, 3.63) is 0 Å².